The normalized spacial score (nSPS) is 48.1. The lowest BCUT2D eigenvalue weighted by Crippen LogP contribution is -2.69. The largest absolute Gasteiger partial charge is 0.462 e. The van der Waals surface area contributed by atoms with Crippen LogP contribution in [-0.2, 0) is 85.5 Å². The van der Waals surface area contributed by atoms with Gasteiger partial charge >= 0.3 is 17.9 Å². The first-order valence-corrected chi connectivity index (χ1v) is 41.9. The highest BCUT2D eigenvalue weighted by Gasteiger charge is 2.73. The fourth-order valence-corrected chi connectivity index (χ4v) is 21.4. The molecule has 0 spiro atoms. The highest BCUT2D eigenvalue weighted by Crippen LogP contribution is 2.76. The summed E-state index contributed by atoms with van der Waals surface area (Å²) in [7, 11) is 0. The number of aliphatic hydroxyl groups is 18. The number of carbonyl (C=O) groups is 4. The van der Waals surface area contributed by atoms with Gasteiger partial charge in [0, 0.05) is 12.8 Å². The third-order valence-corrected chi connectivity index (χ3v) is 29.5. The van der Waals surface area contributed by atoms with E-state index in [1.54, 1.807) is 13.8 Å². The molecule has 11 rings (SSSR count). The summed E-state index contributed by atoms with van der Waals surface area (Å²) in [6.45, 7) is 18.7. The van der Waals surface area contributed by atoms with Crippen molar-refractivity contribution >= 4 is 24.2 Å². The number of hydrogen-bond acceptors (Lipinski definition) is 36. The summed E-state index contributed by atoms with van der Waals surface area (Å²) in [5.41, 5.74) is -6.06. The van der Waals surface area contributed by atoms with E-state index in [0.29, 0.717) is 57.8 Å². The summed E-state index contributed by atoms with van der Waals surface area (Å²) in [4.78, 5) is 58.0. The van der Waals surface area contributed by atoms with Crippen LogP contribution >= 0.6 is 0 Å². The molecule has 4 saturated carbocycles. The first kappa shape index (κ1) is 94.3. The second kappa shape index (κ2) is 37.1. The number of carbonyl (C=O) groups excluding carboxylic acids is 4. The summed E-state index contributed by atoms with van der Waals surface area (Å²) in [6, 6.07) is 0. The van der Waals surface area contributed by atoms with E-state index in [1.807, 2.05) is 20.8 Å². The Balaban J connectivity index is 0.897. The van der Waals surface area contributed by atoms with Crippen molar-refractivity contribution in [3.8, 4) is 0 Å². The summed E-state index contributed by atoms with van der Waals surface area (Å²) in [6.07, 6.45) is -47.1. The van der Waals surface area contributed by atoms with Gasteiger partial charge in [-0.15, -0.1) is 0 Å². The first-order chi connectivity index (χ1) is 54.9. The Hall–Kier alpha value is -3.34. The van der Waals surface area contributed by atoms with Crippen LogP contribution in [0, 0.1) is 62.1 Å². The first-order valence-electron chi connectivity index (χ1n) is 41.9. The molecule has 11 aliphatic rings. The van der Waals surface area contributed by atoms with Crippen molar-refractivity contribution in [2.24, 2.45) is 62.1 Å². The number of fused-ring (bicyclic) bond motifs is 7. The number of esters is 3. The molecule has 10 fully saturated rings. The molecule has 6 unspecified atom stereocenters. The van der Waals surface area contributed by atoms with Crippen LogP contribution in [0.15, 0.2) is 11.6 Å². The maximum atomic E-state index is 16.3. The molecular weight excluding hydrogens is 1550 g/mol. The van der Waals surface area contributed by atoms with E-state index in [1.165, 1.54) is 13.8 Å². The fraction of sp³-hybridized carbons (Fsp3) is 0.926. The predicted octanol–water partition coefficient (Wildman–Crippen LogP) is -2.07. The van der Waals surface area contributed by atoms with Gasteiger partial charge in [0.1, 0.15) is 115 Å². The van der Waals surface area contributed by atoms with E-state index in [9.17, 15) is 106 Å². The summed E-state index contributed by atoms with van der Waals surface area (Å²) >= 11 is 0. The van der Waals surface area contributed by atoms with Crippen LogP contribution in [0.25, 0.3) is 0 Å². The van der Waals surface area contributed by atoms with Crippen LogP contribution in [-0.4, -0.2) is 345 Å². The minimum atomic E-state index is -2.32. The maximum Gasteiger partial charge on any atom is 0.317 e. The highest BCUT2D eigenvalue weighted by atomic mass is 16.8. The number of aldehydes is 1. The number of allylic oxidation sites excluding steroid dienone is 2. The molecule has 0 radical (unpaired) electrons. The number of ether oxygens (including phenoxy) is 14. The Labute approximate surface area is 681 Å². The minimum absolute atomic E-state index is 0.0146. The van der Waals surface area contributed by atoms with Gasteiger partial charge in [0.05, 0.1) is 94.0 Å². The lowest BCUT2D eigenvalue weighted by Gasteiger charge is -2.71. The van der Waals surface area contributed by atoms with Crippen molar-refractivity contribution < 1.29 is 177 Å². The van der Waals surface area contributed by atoms with Crippen LogP contribution in [0.5, 0.6) is 0 Å². The molecule has 6 heterocycles. The van der Waals surface area contributed by atoms with Crippen molar-refractivity contribution in [1.82, 2.24) is 0 Å². The van der Waals surface area contributed by atoms with E-state index in [0.717, 1.165) is 11.9 Å². The fourth-order valence-electron chi connectivity index (χ4n) is 21.4. The van der Waals surface area contributed by atoms with Crippen LogP contribution in [0.2, 0.25) is 0 Å². The van der Waals surface area contributed by atoms with Gasteiger partial charge in [-0.2, -0.15) is 0 Å². The van der Waals surface area contributed by atoms with Gasteiger partial charge in [-0.05, 0) is 123 Å². The van der Waals surface area contributed by atoms with E-state index < -0.39 is 310 Å². The van der Waals surface area contributed by atoms with E-state index >= 15 is 4.79 Å². The Morgan fingerprint density at radius 2 is 1.14 bits per heavy atom. The van der Waals surface area contributed by atoms with Crippen molar-refractivity contribution in [2.45, 2.75) is 375 Å². The molecule has 0 aromatic heterocycles. The molecule has 36 nitrogen and oxygen atoms in total. The number of rotatable bonds is 30. The van der Waals surface area contributed by atoms with E-state index in [4.69, 9.17) is 66.3 Å². The molecule has 0 amide bonds. The van der Waals surface area contributed by atoms with Gasteiger partial charge in [0.25, 0.3) is 0 Å². The minimum Gasteiger partial charge on any atom is -0.462 e. The lowest BCUT2D eigenvalue weighted by molar-refractivity contribution is -0.396. The zero-order chi connectivity index (χ0) is 86.0. The number of aliphatic hydroxyl groups excluding tert-OH is 17. The molecule has 6 aliphatic heterocycles. The van der Waals surface area contributed by atoms with Crippen LogP contribution in [0.1, 0.15) is 179 Å². The third-order valence-electron chi connectivity index (χ3n) is 29.5. The quantitative estimate of drug-likeness (QED) is 0.0159. The van der Waals surface area contributed by atoms with Crippen molar-refractivity contribution in [3.63, 3.8) is 0 Å². The SMILES string of the molecule is CCC(C)C(CC(O)CC(=O)O[C@H]1[C@@H](O)[C@@H](C)O[C@@H](OC(=O)[C@]23CCC(C)(C)C[C@H]2C2=CC[C@@H]4[C@@]5(C)CC[C@H](O)[C@@](C)(C=O)[C@@H]5CC[C@@]4(C)[C@]2(C)C[C@H]3O)[C@@H]1O[C@@H]1O[C@@H](C)[C@H](O[C@@H]2OC[C@@H](O)[C@H](O[C@@H]3OC[C@](O)(CO)[C@H]3O)[C@H]2O)[C@@H](O[C@@H]2O[C@H](CO)[C@@H](O)[C@H](O)[C@H]2O)[C@H]1O)OC(=O)CC(O)CC(O[C@@H]1O[C@@H](CO)[C@H](O)[C@H]1O)C(C)CC. The summed E-state index contributed by atoms with van der Waals surface area (Å²) in [5.74, 6) is -4.70. The van der Waals surface area contributed by atoms with E-state index in [2.05, 4.69) is 40.7 Å². The molecule has 42 atom stereocenters. The molecular formula is C81H132O36. The van der Waals surface area contributed by atoms with Gasteiger partial charge in [0.2, 0.25) is 6.29 Å². The predicted molar refractivity (Wildman–Crippen MR) is 398 cm³/mol. The van der Waals surface area contributed by atoms with Gasteiger partial charge in [-0.3, -0.25) is 14.4 Å². The van der Waals surface area contributed by atoms with Crippen molar-refractivity contribution in [2.75, 3.05) is 33.0 Å². The molecule has 0 bridgehead atoms. The monoisotopic (exact) mass is 1680 g/mol. The van der Waals surface area contributed by atoms with Crippen LogP contribution in [0.4, 0.5) is 0 Å². The Bertz CT molecular complexity index is 3370. The van der Waals surface area contributed by atoms with Gasteiger partial charge in [-0.25, -0.2) is 0 Å². The topological polar surface area (TPSA) is 562 Å². The maximum absolute atomic E-state index is 16.3. The van der Waals surface area contributed by atoms with Crippen LogP contribution in [0.3, 0.4) is 0 Å². The molecule has 6 saturated heterocycles. The lowest BCUT2D eigenvalue weighted by atomic mass is 9.33. The molecule has 117 heavy (non-hydrogen) atoms. The molecule has 5 aliphatic carbocycles. The van der Waals surface area contributed by atoms with Gasteiger partial charge in [-0.1, -0.05) is 93.7 Å². The van der Waals surface area contributed by atoms with Gasteiger partial charge < -0.3 is 163 Å². The summed E-state index contributed by atoms with van der Waals surface area (Å²) < 4.78 is 85.2. The number of hydrogen-bond donors (Lipinski definition) is 18. The molecule has 18 N–H and O–H groups in total. The summed E-state index contributed by atoms with van der Waals surface area (Å²) in [5, 5.41) is 202. The Kier molecular flexibility index (Phi) is 29.9. The van der Waals surface area contributed by atoms with Crippen molar-refractivity contribution in [1.29, 1.82) is 0 Å². The standard InChI is InChI=1S/C81H132O36/c1-13-35(3)44(108-52(91)25-40(87)24-45(36(4)14-2)109-69-58(97)56(95)47(30-83)110-69)23-39(86)26-53(92)112-64-54(93)37(5)106-72(117-74(102)81-22-21-75(7,8)27-42(81)41-15-16-49-76(9)19-18-50(89)77(10,32-84)48(76)17-20-78(49,11)79(41,12)28-51(81)90)66(64)116-71-61(100)65(115-70-59(98)57(96)55(94)46(29-82)111-70)62(38(6)107-71)113-68-60(99)63(43(88)31-104-68)114-73-67(101)80(103,33-85)34-105-73/h15,32,35-40,42-51,54-73,82-83,85-90,93-101,103H,13-14,16-31,33-34H2,1-12H3/t35?,36?,37-,38+,39?,40?,42+,43-,44?,45?,46-,47+,48-,49-,50+,51-,54+,55-,56+,57+,58-,59-,60-,61-,62+,63+,64+,65+,66-,67+,68+,69-,70+,71+,72+,73+,76+,77+,78-,79-,80-,81-/m1/s1. The molecule has 0 aromatic carbocycles. The van der Waals surface area contributed by atoms with Gasteiger partial charge in [0.15, 0.2) is 43.7 Å². The molecule has 672 valence electrons. The second-order valence-electron chi connectivity index (χ2n) is 37.4. The van der Waals surface area contributed by atoms with Crippen LogP contribution < -0.4 is 0 Å². The zero-order valence-electron chi connectivity index (χ0n) is 69.0. The zero-order valence-corrected chi connectivity index (χ0v) is 69.0. The third kappa shape index (κ3) is 18.0. The van der Waals surface area contributed by atoms with E-state index in [-0.39, 0.29) is 37.0 Å². The molecule has 36 heteroatoms. The Morgan fingerprint density at radius 1 is 0.564 bits per heavy atom. The smallest absolute Gasteiger partial charge is 0.317 e. The highest BCUT2D eigenvalue weighted by molar-refractivity contribution is 5.80. The second-order valence-corrected chi connectivity index (χ2v) is 37.4. The molecule has 0 aromatic rings. The van der Waals surface area contributed by atoms with Crippen molar-refractivity contribution in [3.05, 3.63) is 11.6 Å². The average Bonchev–Trinajstić information content (AvgIpc) is 0.988. The average molecular weight is 1680 g/mol. The Morgan fingerprint density at radius 3 is 1.77 bits per heavy atom.